The summed E-state index contributed by atoms with van der Waals surface area (Å²) in [6.45, 7) is 4.13. The number of aliphatic hydroxyl groups is 1. The van der Waals surface area contributed by atoms with E-state index in [4.69, 9.17) is 0 Å². The summed E-state index contributed by atoms with van der Waals surface area (Å²) in [5, 5.41) is 12.1. The van der Waals surface area contributed by atoms with Gasteiger partial charge in [0.05, 0.1) is 0 Å². The lowest BCUT2D eigenvalue weighted by Crippen LogP contribution is -2.52. The van der Waals surface area contributed by atoms with Crippen LogP contribution in [0.5, 0.6) is 0 Å². The van der Waals surface area contributed by atoms with Crippen molar-refractivity contribution in [2.45, 2.75) is 83.2 Å². The smallest absolute Gasteiger partial charge is 0.156 e. The topological polar surface area (TPSA) is 40.5 Å². The minimum absolute atomic E-state index is 0. The average molecular weight is 460 g/mol. The fraction of sp³-hybridized carbons (Fsp3) is 0.581. The highest BCUT2D eigenvalue weighted by molar-refractivity contribution is 5.93. The van der Waals surface area contributed by atoms with Crippen molar-refractivity contribution in [1.82, 2.24) is 0 Å². The zero-order valence-electron chi connectivity index (χ0n) is 21.3. The van der Waals surface area contributed by atoms with Crippen LogP contribution in [0.3, 0.4) is 0 Å². The number of allylic oxidation sites excluding steroid dienone is 4. The summed E-state index contributed by atoms with van der Waals surface area (Å²) in [5.41, 5.74) is 5.84. The zero-order chi connectivity index (χ0) is 24.1. The van der Waals surface area contributed by atoms with Crippen LogP contribution in [-0.2, 0) is 4.79 Å². The third-order valence-electron chi connectivity index (χ3n) is 9.44. The molecule has 2 fully saturated rings. The summed E-state index contributed by atoms with van der Waals surface area (Å²) < 4.78 is 0. The fourth-order valence-electron chi connectivity index (χ4n) is 8.11. The normalized spacial score (nSPS) is 34.4. The van der Waals surface area contributed by atoms with Gasteiger partial charge in [0, 0.05) is 39.0 Å². The first-order valence-corrected chi connectivity index (χ1v) is 13.2. The van der Waals surface area contributed by atoms with Gasteiger partial charge in [-0.05, 0) is 98.6 Å². The summed E-state index contributed by atoms with van der Waals surface area (Å²) in [6.07, 6.45) is 10.4. The monoisotopic (exact) mass is 459 g/mol. The van der Waals surface area contributed by atoms with E-state index in [1.54, 1.807) is 5.57 Å². The summed E-state index contributed by atoms with van der Waals surface area (Å²) in [6, 6.07) is 9.06. The van der Waals surface area contributed by atoms with E-state index in [0.29, 0.717) is 18.3 Å². The Morgan fingerprint density at radius 3 is 2.59 bits per heavy atom. The van der Waals surface area contributed by atoms with Crippen LogP contribution in [0.25, 0.3) is 0 Å². The van der Waals surface area contributed by atoms with Gasteiger partial charge in [0.15, 0.2) is 5.78 Å². The minimum atomic E-state index is -0.904. The molecule has 1 aromatic rings. The maximum Gasteiger partial charge on any atom is 0.156 e. The first kappa shape index (κ1) is 23.4. The van der Waals surface area contributed by atoms with Crippen LogP contribution in [0.1, 0.15) is 84.5 Å². The third kappa shape index (κ3) is 3.49. The SMILES string of the molecule is CC#C[C@]1(O)CCC2[C@@H]3CCC4=CC(=O)CCC4=C3[C@@H](c3ccc(N(C)C)cc3)CC21CCC.[HH]. The van der Waals surface area contributed by atoms with Crippen molar-refractivity contribution in [3.63, 3.8) is 0 Å². The van der Waals surface area contributed by atoms with Crippen LogP contribution in [0.2, 0.25) is 0 Å². The molecule has 3 heteroatoms. The Bertz CT molecular complexity index is 1110. The van der Waals surface area contributed by atoms with Crippen molar-refractivity contribution in [1.29, 1.82) is 0 Å². The van der Waals surface area contributed by atoms with Gasteiger partial charge in [0.25, 0.3) is 0 Å². The van der Waals surface area contributed by atoms with Crippen LogP contribution < -0.4 is 4.90 Å². The van der Waals surface area contributed by atoms with Crippen LogP contribution in [0.4, 0.5) is 5.69 Å². The van der Waals surface area contributed by atoms with Gasteiger partial charge >= 0.3 is 0 Å². The molecule has 0 amide bonds. The third-order valence-corrected chi connectivity index (χ3v) is 9.44. The molecule has 1 N–H and O–H groups in total. The molecule has 182 valence electrons. The number of benzene rings is 1. The molecule has 2 unspecified atom stereocenters. The summed E-state index contributed by atoms with van der Waals surface area (Å²) >= 11 is 0. The van der Waals surface area contributed by atoms with E-state index in [1.165, 1.54) is 22.4 Å². The van der Waals surface area contributed by atoms with Gasteiger partial charge in [-0.2, -0.15) is 0 Å². The molecule has 0 aliphatic heterocycles. The lowest BCUT2D eigenvalue weighted by atomic mass is 9.49. The highest BCUT2D eigenvalue weighted by atomic mass is 16.3. The number of nitrogens with zero attached hydrogens (tertiary/aromatic N) is 1. The highest BCUT2D eigenvalue weighted by Crippen LogP contribution is 2.68. The number of carbonyl (C=O) groups is 1. The van der Waals surface area contributed by atoms with Crippen molar-refractivity contribution in [2.24, 2.45) is 17.3 Å². The summed E-state index contributed by atoms with van der Waals surface area (Å²) in [5.74, 6) is 7.94. The molecule has 3 nitrogen and oxygen atoms in total. The lowest BCUT2D eigenvalue weighted by molar-refractivity contribution is -0.114. The molecule has 4 aliphatic rings. The quantitative estimate of drug-likeness (QED) is 0.527. The van der Waals surface area contributed by atoms with Gasteiger partial charge in [0.1, 0.15) is 5.60 Å². The first-order chi connectivity index (χ1) is 16.3. The molecule has 1 aromatic carbocycles. The maximum atomic E-state index is 12.3. The van der Waals surface area contributed by atoms with Crippen molar-refractivity contribution in [3.8, 4) is 11.8 Å². The Hall–Kier alpha value is -2.31. The van der Waals surface area contributed by atoms with E-state index in [1.807, 2.05) is 13.0 Å². The maximum absolute atomic E-state index is 12.3. The number of carbonyl (C=O) groups excluding carboxylic acids is 1. The zero-order valence-corrected chi connectivity index (χ0v) is 21.3. The number of rotatable bonds is 4. The second kappa shape index (κ2) is 8.72. The number of fused-ring (bicyclic) bond motifs is 4. The lowest BCUT2D eigenvalue weighted by Gasteiger charge is -2.55. The van der Waals surface area contributed by atoms with Crippen LogP contribution in [0, 0.1) is 29.1 Å². The summed E-state index contributed by atoms with van der Waals surface area (Å²) in [7, 11) is 4.16. The fourth-order valence-corrected chi connectivity index (χ4v) is 8.11. The molecule has 0 radical (unpaired) electrons. The van der Waals surface area contributed by atoms with E-state index < -0.39 is 5.60 Å². The molecule has 0 heterocycles. The van der Waals surface area contributed by atoms with Crippen molar-refractivity contribution in [3.05, 3.63) is 52.6 Å². The van der Waals surface area contributed by atoms with E-state index in [-0.39, 0.29) is 18.5 Å². The van der Waals surface area contributed by atoms with Gasteiger partial charge in [-0.3, -0.25) is 4.79 Å². The highest BCUT2D eigenvalue weighted by Gasteiger charge is 2.64. The predicted molar refractivity (Wildman–Crippen MR) is 141 cm³/mol. The number of hydrogen-bond acceptors (Lipinski definition) is 3. The number of hydrogen-bond donors (Lipinski definition) is 1. The molecule has 0 aromatic heterocycles. The average Bonchev–Trinajstić information content (AvgIpc) is 3.10. The number of anilines is 1. The van der Waals surface area contributed by atoms with E-state index in [2.05, 4.69) is 62.0 Å². The molecule has 4 aliphatic carbocycles. The molecular formula is C31H41NO2. The standard InChI is InChI=1S/C31H39NO2.H2/c1-5-16-30-20-27(21-7-10-23(11-8-21)32(3)4)29-25-14-12-24(33)19-22(25)9-13-26(29)28(30)15-18-31(30,34)17-6-2;/h7-8,10-11,19,26-28,34H,5,9,12-16,18,20H2,1-4H3;1H/t26-,27+,28?,30?,31-;/m0./s1. The molecule has 0 spiro atoms. The van der Waals surface area contributed by atoms with Gasteiger partial charge in [-0.25, -0.2) is 0 Å². The van der Waals surface area contributed by atoms with Crippen molar-refractivity contribution >= 4 is 11.5 Å². The Labute approximate surface area is 206 Å². The van der Waals surface area contributed by atoms with Gasteiger partial charge < -0.3 is 10.0 Å². The molecular weight excluding hydrogens is 418 g/mol. The van der Waals surface area contributed by atoms with Gasteiger partial charge in [0.2, 0.25) is 0 Å². The molecule has 0 bridgehead atoms. The molecule has 5 rings (SSSR count). The molecule has 5 atom stereocenters. The Morgan fingerprint density at radius 2 is 1.91 bits per heavy atom. The predicted octanol–water partition coefficient (Wildman–Crippen LogP) is 6.43. The second-order valence-electron chi connectivity index (χ2n) is 11.2. The van der Waals surface area contributed by atoms with Crippen molar-refractivity contribution in [2.75, 3.05) is 19.0 Å². The number of ketones is 1. The molecule has 2 saturated carbocycles. The Kier molecular flexibility index (Phi) is 6.01. The molecule has 34 heavy (non-hydrogen) atoms. The second-order valence-corrected chi connectivity index (χ2v) is 11.2. The van der Waals surface area contributed by atoms with Crippen LogP contribution in [0.15, 0.2) is 47.1 Å². The Morgan fingerprint density at radius 1 is 1.15 bits per heavy atom. The van der Waals surface area contributed by atoms with Gasteiger partial charge in [-0.1, -0.05) is 37.0 Å². The largest absolute Gasteiger partial charge is 0.378 e. The van der Waals surface area contributed by atoms with E-state index >= 15 is 0 Å². The van der Waals surface area contributed by atoms with Crippen LogP contribution in [-0.4, -0.2) is 30.6 Å². The van der Waals surface area contributed by atoms with Crippen molar-refractivity contribution < 1.29 is 11.3 Å². The van der Waals surface area contributed by atoms with Gasteiger partial charge in [-0.15, -0.1) is 5.92 Å². The minimum Gasteiger partial charge on any atom is -0.378 e. The molecule has 0 saturated heterocycles. The first-order valence-electron chi connectivity index (χ1n) is 13.2. The van der Waals surface area contributed by atoms with E-state index in [9.17, 15) is 9.90 Å². The summed E-state index contributed by atoms with van der Waals surface area (Å²) in [4.78, 5) is 14.4. The van der Waals surface area contributed by atoms with Crippen LogP contribution >= 0.6 is 0 Å². The van der Waals surface area contributed by atoms with E-state index in [0.717, 1.165) is 51.4 Å². The Balaban J connectivity index is 0.00000289.